The summed E-state index contributed by atoms with van der Waals surface area (Å²) in [5.74, 6) is -1.86. The molecule has 0 aliphatic carbocycles. The molecule has 0 spiro atoms. The van der Waals surface area contributed by atoms with Crippen LogP contribution in [0.2, 0.25) is 5.02 Å². The summed E-state index contributed by atoms with van der Waals surface area (Å²) in [4.78, 5) is 23.9. The molecule has 0 atom stereocenters. The Kier molecular flexibility index (Phi) is 7.68. The van der Waals surface area contributed by atoms with Crippen molar-refractivity contribution >= 4 is 35.3 Å². The largest absolute Gasteiger partial charge is 0.488 e. The highest BCUT2D eigenvalue weighted by Gasteiger charge is 2.30. The van der Waals surface area contributed by atoms with Crippen molar-refractivity contribution in [2.45, 2.75) is 12.8 Å². The van der Waals surface area contributed by atoms with E-state index < -0.39 is 23.6 Å². The Hall–Kier alpha value is -3.85. The first kappa shape index (κ1) is 23.8. The van der Waals surface area contributed by atoms with Crippen molar-refractivity contribution in [3.8, 4) is 5.75 Å². The predicted molar refractivity (Wildman–Crippen MR) is 118 cm³/mol. The van der Waals surface area contributed by atoms with E-state index in [9.17, 15) is 22.8 Å². The molecule has 3 rings (SSSR count). The van der Waals surface area contributed by atoms with E-state index in [4.69, 9.17) is 16.3 Å². The summed E-state index contributed by atoms with van der Waals surface area (Å²) in [5, 5.41) is 6.38. The van der Waals surface area contributed by atoms with Crippen molar-refractivity contribution in [2.24, 2.45) is 5.10 Å². The molecule has 0 saturated carbocycles. The topological polar surface area (TPSA) is 79.8 Å². The van der Waals surface area contributed by atoms with E-state index in [1.165, 1.54) is 12.3 Å². The minimum absolute atomic E-state index is 0.174. The van der Waals surface area contributed by atoms with Crippen LogP contribution in [0.5, 0.6) is 5.75 Å². The fourth-order valence-corrected chi connectivity index (χ4v) is 2.85. The molecule has 0 aliphatic rings. The number of halogens is 4. The Bertz CT molecular complexity index is 1180. The molecule has 3 aromatic rings. The van der Waals surface area contributed by atoms with E-state index in [1.54, 1.807) is 36.4 Å². The molecule has 0 unspecified atom stereocenters. The number of amides is 2. The minimum atomic E-state index is -4.57. The number of nitrogens with one attached hydrogen (secondary N) is 2. The van der Waals surface area contributed by atoms with Crippen LogP contribution in [-0.2, 0) is 22.4 Å². The molecular formula is C23H17ClF3N3O3. The van der Waals surface area contributed by atoms with Crippen LogP contribution in [-0.4, -0.2) is 18.0 Å². The molecule has 0 saturated heterocycles. The van der Waals surface area contributed by atoms with Gasteiger partial charge < -0.3 is 10.1 Å². The second-order valence-electron chi connectivity index (χ2n) is 6.65. The monoisotopic (exact) mass is 475 g/mol. The maximum absolute atomic E-state index is 12.8. The summed E-state index contributed by atoms with van der Waals surface area (Å²) in [6.45, 7) is 0.205. The molecular weight excluding hydrogens is 459 g/mol. The highest BCUT2D eigenvalue weighted by molar-refractivity contribution is 6.39. The van der Waals surface area contributed by atoms with Gasteiger partial charge in [0.1, 0.15) is 12.4 Å². The first-order valence-electron chi connectivity index (χ1n) is 9.51. The fourth-order valence-electron chi connectivity index (χ4n) is 2.66. The van der Waals surface area contributed by atoms with Crippen molar-refractivity contribution < 1.29 is 27.5 Å². The van der Waals surface area contributed by atoms with Crippen LogP contribution in [0.15, 0.2) is 77.9 Å². The normalized spacial score (nSPS) is 11.3. The molecule has 2 amide bonds. The van der Waals surface area contributed by atoms with Gasteiger partial charge >= 0.3 is 18.0 Å². The molecule has 3 aromatic carbocycles. The number of alkyl halides is 3. The number of ether oxygens (including phenoxy) is 1. The van der Waals surface area contributed by atoms with Gasteiger partial charge in [-0.2, -0.15) is 18.3 Å². The number of benzene rings is 3. The Balaban J connectivity index is 1.59. The van der Waals surface area contributed by atoms with Crippen LogP contribution >= 0.6 is 11.6 Å². The number of rotatable bonds is 6. The number of hydrogen-bond acceptors (Lipinski definition) is 4. The van der Waals surface area contributed by atoms with Crippen molar-refractivity contribution in [2.75, 3.05) is 5.32 Å². The van der Waals surface area contributed by atoms with Crippen LogP contribution in [0, 0.1) is 0 Å². The fraction of sp³-hybridized carbons (Fsp3) is 0.0870. The number of carbonyl (C=O) groups is 2. The molecule has 10 heteroatoms. The maximum atomic E-state index is 12.8. The van der Waals surface area contributed by atoms with Crippen molar-refractivity contribution in [3.63, 3.8) is 0 Å². The zero-order chi connectivity index (χ0) is 23.8. The minimum Gasteiger partial charge on any atom is -0.488 e. The zero-order valence-corrected chi connectivity index (χ0v) is 17.7. The number of hydrazone groups is 1. The molecule has 33 heavy (non-hydrogen) atoms. The molecule has 0 heterocycles. The lowest BCUT2D eigenvalue weighted by atomic mass is 10.2. The summed E-state index contributed by atoms with van der Waals surface area (Å²) in [6, 6.07) is 18.0. The summed E-state index contributed by atoms with van der Waals surface area (Å²) in [6.07, 6.45) is -3.30. The first-order chi connectivity index (χ1) is 15.7. The van der Waals surface area contributed by atoms with Gasteiger partial charge in [-0.25, -0.2) is 5.43 Å². The van der Waals surface area contributed by atoms with Gasteiger partial charge in [-0.15, -0.1) is 0 Å². The van der Waals surface area contributed by atoms with Crippen molar-refractivity contribution in [1.82, 2.24) is 5.43 Å². The Morgan fingerprint density at radius 2 is 1.70 bits per heavy atom. The Labute approximate surface area is 192 Å². The molecule has 0 aromatic heterocycles. The number of hydrogen-bond donors (Lipinski definition) is 2. The van der Waals surface area contributed by atoms with Gasteiger partial charge in [0.05, 0.1) is 11.8 Å². The van der Waals surface area contributed by atoms with Gasteiger partial charge in [0.25, 0.3) is 0 Å². The lowest BCUT2D eigenvalue weighted by molar-refractivity contribution is -0.137. The summed E-state index contributed by atoms with van der Waals surface area (Å²) >= 11 is 6.12. The third kappa shape index (κ3) is 6.81. The lowest BCUT2D eigenvalue weighted by Crippen LogP contribution is -2.32. The standard InChI is InChI=1S/C23H17ClF3N3O3/c24-19-10-3-1-7-16(19)14-33-20-11-4-2-6-15(20)13-28-30-22(32)21(31)29-18-9-5-8-17(12-18)23(25,26)27/h1-13H,14H2,(H,29,31)(H,30,32)/b28-13-. The molecule has 0 bridgehead atoms. The summed E-state index contributed by atoms with van der Waals surface area (Å²) in [5.41, 5.74) is 2.20. The molecule has 0 radical (unpaired) electrons. The van der Waals surface area contributed by atoms with Crippen LogP contribution < -0.4 is 15.5 Å². The number of para-hydroxylation sites is 1. The Morgan fingerprint density at radius 3 is 2.45 bits per heavy atom. The number of nitrogens with zero attached hydrogens (tertiary/aromatic N) is 1. The van der Waals surface area contributed by atoms with Crippen LogP contribution in [0.4, 0.5) is 18.9 Å². The molecule has 0 fully saturated rings. The van der Waals surface area contributed by atoms with E-state index in [0.717, 1.165) is 23.8 Å². The second-order valence-corrected chi connectivity index (χ2v) is 7.06. The quantitative estimate of drug-likeness (QED) is 0.298. The van der Waals surface area contributed by atoms with Crippen LogP contribution in [0.3, 0.4) is 0 Å². The van der Waals surface area contributed by atoms with E-state index in [0.29, 0.717) is 16.3 Å². The van der Waals surface area contributed by atoms with Crippen LogP contribution in [0.25, 0.3) is 0 Å². The second kappa shape index (κ2) is 10.6. The Morgan fingerprint density at radius 1 is 0.970 bits per heavy atom. The zero-order valence-electron chi connectivity index (χ0n) is 16.9. The lowest BCUT2D eigenvalue weighted by Gasteiger charge is -2.10. The third-order valence-electron chi connectivity index (χ3n) is 4.28. The smallest absolute Gasteiger partial charge is 0.416 e. The molecule has 2 N–H and O–H groups in total. The van der Waals surface area contributed by atoms with Crippen molar-refractivity contribution in [1.29, 1.82) is 0 Å². The van der Waals surface area contributed by atoms with Crippen molar-refractivity contribution in [3.05, 3.63) is 94.5 Å². The number of anilines is 1. The molecule has 0 aliphatic heterocycles. The van der Waals surface area contributed by atoms with Gasteiger partial charge in [0, 0.05) is 21.8 Å². The van der Waals surface area contributed by atoms with Crippen LogP contribution in [0.1, 0.15) is 16.7 Å². The van der Waals surface area contributed by atoms with Gasteiger partial charge in [-0.1, -0.05) is 48.0 Å². The average Bonchev–Trinajstić information content (AvgIpc) is 2.79. The molecule has 170 valence electrons. The van der Waals surface area contributed by atoms with E-state index >= 15 is 0 Å². The first-order valence-corrected chi connectivity index (χ1v) is 9.89. The SMILES string of the molecule is O=C(N/N=C\c1ccccc1OCc1ccccc1Cl)C(=O)Nc1cccc(C(F)(F)F)c1. The van der Waals surface area contributed by atoms with Gasteiger partial charge in [-0.05, 0) is 36.4 Å². The third-order valence-corrected chi connectivity index (χ3v) is 4.65. The van der Waals surface area contributed by atoms with Gasteiger partial charge in [0.15, 0.2) is 0 Å². The average molecular weight is 476 g/mol. The van der Waals surface area contributed by atoms with Gasteiger partial charge in [0.2, 0.25) is 0 Å². The highest BCUT2D eigenvalue weighted by atomic mass is 35.5. The van der Waals surface area contributed by atoms with E-state index in [1.807, 2.05) is 17.6 Å². The highest BCUT2D eigenvalue weighted by Crippen LogP contribution is 2.30. The molecule has 6 nitrogen and oxygen atoms in total. The summed E-state index contributed by atoms with van der Waals surface area (Å²) < 4.78 is 44.1. The maximum Gasteiger partial charge on any atom is 0.416 e. The van der Waals surface area contributed by atoms with E-state index in [-0.39, 0.29) is 12.3 Å². The number of carbonyl (C=O) groups excluding carboxylic acids is 2. The predicted octanol–water partition coefficient (Wildman–Crippen LogP) is 5.03. The van der Waals surface area contributed by atoms with E-state index in [2.05, 4.69) is 10.4 Å². The van der Waals surface area contributed by atoms with Gasteiger partial charge in [-0.3, -0.25) is 9.59 Å². The summed E-state index contributed by atoms with van der Waals surface area (Å²) in [7, 11) is 0.